The number of carboxylic acids is 1. The SMILES string of the molecule is CCC(CC(=O)O)NC(=O)N(C)c1ccc(O)cc1. The quantitative estimate of drug-likeness (QED) is 0.758. The highest BCUT2D eigenvalue weighted by Crippen LogP contribution is 2.17. The fourth-order valence-corrected chi connectivity index (χ4v) is 1.57. The van der Waals surface area contributed by atoms with Gasteiger partial charge in [-0.05, 0) is 30.7 Å². The largest absolute Gasteiger partial charge is 0.508 e. The lowest BCUT2D eigenvalue weighted by Crippen LogP contribution is -2.43. The van der Waals surface area contributed by atoms with Gasteiger partial charge in [0.05, 0.1) is 6.42 Å². The van der Waals surface area contributed by atoms with Crippen molar-refractivity contribution in [2.75, 3.05) is 11.9 Å². The van der Waals surface area contributed by atoms with Gasteiger partial charge in [-0.15, -0.1) is 0 Å². The minimum absolute atomic E-state index is 0.105. The summed E-state index contributed by atoms with van der Waals surface area (Å²) < 4.78 is 0. The van der Waals surface area contributed by atoms with E-state index in [9.17, 15) is 14.7 Å². The molecular weight excluding hydrogens is 248 g/mol. The molecule has 0 heterocycles. The summed E-state index contributed by atoms with van der Waals surface area (Å²) in [5.74, 6) is -0.825. The molecule has 0 spiro atoms. The van der Waals surface area contributed by atoms with E-state index < -0.39 is 12.0 Å². The number of carbonyl (C=O) groups excluding carboxylic acids is 1. The molecule has 0 fully saturated rings. The third-order valence-corrected chi connectivity index (χ3v) is 2.78. The Bertz CT molecular complexity index is 444. The summed E-state index contributed by atoms with van der Waals surface area (Å²) in [5.41, 5.74) is 0.612. The maximum atomic E-state index is 11.9. The van der Waals surface area contributed by atoms with Crippen LogP contribution in [0.1, 0.15) is 19.8 Å². The Balaban J connectivity index is 2.66. The van der Waals surface area contributed by atoms with Crippen LogP contribution < -0.4 is 10.2 Å². The zero-order valence-electron chi connectivity index (χ0n) is 11.0. The van der Waals surface area contributed by atoms with Gasteiger partial charge in [-0.2, -0.15) is 0 Å². The number of hydrogen-bond donors (Lipinski definition) is 3. The van der Waals surface area contributed by atoms with E-state index in [-0.39, 0.29) is 18.2 Å². The fourth-order valence-electron chi connectivity index (χ4n) is 1.57. The number of nitrogens with zero attached hydrogens (tertiary/aromatic N) is 1. The molecule has 0 radical (unpaired) electrons. The molecule has 1 aromatic rings. The molecule has 104 valence electrons. The van der Waals surface area contributed by atoms with E-state index in [1.54, 1.807) is 19.2 Å². The zero-order chi connectivity index (χ0) is 14.4. The second kappa shape index (κ2) is 6.63. The number of carboxylic acid groups (broad SMARTS) is 1. The van der Waals surface area contributed by atoms with Crippen LogP contribution in [0, 0.1) is 0 Å². The zero-order valence-corrected chi connectivity index (χ0v) is 11.0. The Hall–Kier alpha value is -2.24. The van der Waals surface area contributed by atoms with Crippen molar-refractivity contribution in [2.24, 2.45) is 0 Å². The first-order chi connectivity index (χ1) is 8.93. The molecular formula is C13H18N2O4. The van der Waals surface area contributed by atoms with Crippen LogP contribution in [0.25, 0.3) is 0 Å². The Morgan fingerprint density at radius 2 is 1.89 bits per heavy atom. The van der Waals surface area contributed by atoms with Gasteiger partial charge in [-0.1, -0.05) is 6.92 Å². The van der Waals surface area contributed by atoms with Crippen LogP contribution in [0.15, 0.2) is 24.3 Å². The number of rotatable bonds is 5. The molecule has 0 saturated carbocycles. The Morgan fingerprint density at radius 1 is 1.32 bits per heavy atom. The van der Waals surface area contributed by atoms with E-state index in [0.29, 0.717) is 12.1 Å². The summed E-state index contributed by atoms with van der Waals surface area (Å²) in [4.78, 5) is 23.9. The normalized spacial score (nSPS) is 11.7. The molecule has 0 aliphatic heterocycles. The van der Waals surface area contributed by atoms with Crippen LogP contribution in [-0.2, 0) is 4.79 Å². The first kappa shape index (κ1) is 14.8. The van der Waals surface area contributed by atoms with E-state index in [1.807, 2.05) is 6.92 Å². The lowest BCUT2D eigenvalue weighted by atomic mass is 10.1. The number of anilines is 1. The molecule has 0 saturated heterocycles. The average molecular weight is 266 g/mol. The highest BCUT2D eigenvalue weighted by molar-refractivity contribution is 5.91. The fraction of sp³-hybridized carbons (Fsp3) is 0.385. The summed E-state index contributed by atoms with van der Waals surface area (Å²) in [6, 6.07) is 5.39. The average Bonchev–Trinajstić information content (AvgIpc) is 2.37. The topological polar surface area (TPSA) is 89.9 Å². The summed E-state index contributed by atoms with van der Waals surface area (Å²) in [6.07, 6.45) is 0.438. The van der Waals surface area contributed by atoms with Crippen molar-refractivity contribution in [1.29, 1.82) is 0 Å². The number of aliphatic carboxylic acids is 1. The van der Waals surface area contributed by atoms with Crippen LogP contribution in [0.2, 0.25) is 0 Å². The van der Waals surface area contributed by atoms with Crippen molar-refractivity contribution in [1.82, 2.24) is 5.32 Å². The minimum Gasteiger partial charge on any atom is -0.508 e. The second-order valence-electron chi connectivity index (χ2n) is 4.23. The number of phenolic OH excluding ortho intramolecular Hbond substituents is 1. The molecule has 1 atom stereocenters. The van der Waals surface area contributed by atoms with E-state index >= 15 is 0 Å². The van der Waals surface area contributed by atoms with Crippen LogP contribution in [0.5, 0.6) is 5.75 Å². The third kappa shape index (κ3) is 4.50. The molecule has 0 aliphatic carbocycles. The highest BCUT2D eigenvalue weighted by atomic mass is 16.4. The van der Waals surface area contributed by atoms with E-state index in [2.05, 4.69) is 5.32 Å². The van der Waals surface area contributed by atoms with Gasteiger partial charge < -0.3 is 15.5 Å². The number of urea groups is 1. The molecule has 2 amide bonds. The lowest BCUT2D eigenvalue weighted by molar-refractivity contribution is -0.137. The molecule has 3 N–H and O–H groups in total. The molecule has 19 heavy (non-hydrogen) atoms. The van der Waals surface area contributed by atoms with Crippen molar-refractivity contribution >= 4 is 17.7 Å². The Labute approximate surface area is 111 Å². The van der Waals surface area contributed by atoms with Gasteiger partial charge in [0.25, 0.3) is 0 Å². The predicted molar refractivity (Wildman–Crippen MR) is 71.4 cm³/mol. The summed E-state index contributed by atoms with van der Waals surface area (Å²) in [5, 5.41) is 20.6. The molecule has 6 heteroatoms. The van der Waals surface area contributed by atoms with E-state index in [4.69, 9.17) is 5.11 Å². The lowest BCUT2D eigenvalue weighted by Gasteiger charge is -2.22. The molecule has 0 aromatic heterocycles. The molecule has 0 aliphatic rings. The molecule has 6 nitrogen and oxygen atoms in total. The number of amides is 2. The Morgan fingerprint density at radius 3 is 2.37 bits per heavy atom. The molecule has 1 aromatic carbocycles. The molecule has 1 unspecified atom stereocenters. The monoisotopic (exact) mass is 266 g/mol. The Kier molecular flexibility index (Phi) is 5.17. The number of nitrogens with one attached hydrogen (secondary N) is 1. The van der Waals surface area contributed by atoms with Crippen LogP contribution in [0.3, 0.4) is 0 Å². The first-order valence-corrected chi connectivity index (χ1v) is 5.99. The van der Waals surface area contributed by atoms with Crippen LogP contribution in [0.4, 0.5) is 10.5 Å². The van der Waals surface area contributed by atoms with Gasteiger partial charge in [-0.25, -0.2) is 4.79 Å². The number of phenols is 1. The summed E-state index contributed by atoms with van der Waals surface area (Å²) >= 11 is 0. The van der Waals surface area contributed by atoms with E-state index in [1.165, 1.54) is 17.0 Å². The van der Waals surface area contributed by atoms with E-state index in [0.717, 1.165) is 0 Å². The maximum Gasteiger partial charge on any atom is 0.321 e. The first-order valence-electron chi connectivity index (χ1n) is 5.99. The molecule has 0 bridgehead atoms. The summed E-state index contributed by atoms with van der Waals surface area (Å²) in [7, 11) is 1.58. The van der Waals surface area contributed by atoms with Gasteiger partial charge in [0.2, 0.25) is 0 Å². The van der Waals surface area contributed by atoms with Crippen molar-refractivity contribution in [3.05, 3.63) is 24.3 Å². The minimum atomic E-state index is -0.945. The smallest absolute Gasteiger partial charge is 0.321 e. The highest BCUT2D eigenvalue weighted by Gasteiger charge is 2.17. The second-order valence-corrected chi connectivity index (χ2v) is 4.23. The van der Waals surface area contributed by atoms with Gasteiger partial charge in [0.15, 0.2) is 0 Å². The van der Waals surface area contributed by atoms with Crippen LogP contribution in [-0.4, -0.2) is 35.3 Å². The number of carbonyl (C=O) groups is 2. The van der Waals surface area contributed by atoms with Crippen molar-refractivity contribution in [3.8, 4) is 5.75 Å². The predicted octanol–water partition coefficient (Wildman–Crippen LogP) is 1.79. The summed E-state index contributed by atoms with van der Waals surface area (Å²) in [6.45, 7) is 1.81. The van der Waals surface area contributed by atoms with Gasteiger partial charge >= 0.3 is 12.0 Å². The number of benzene rings is 1. The van der Waals surface area contributed by atoms with Crippen molar-refractivity contribution in [2.45, 2.75) is 25.8 Å². The van der Waals surface area contributed by atoms with Gasteiger partial charge in [-0.3, -0.25) is 9.69 Å². The van der Waals surface area contributed by atoms with Gasteiger partial charge in [0.1, 0.15) is 5.75 Å². The maximum absolute atomic E-state index is 11.9. The third-order valence-electron chi connectivity index (χ3n) is 2.78. The molecule has 1 rings (SSSR count). The number of aromatic hydroxyl groups is 1. The standard InChI is InChI=1S/C13H18N2O4/c1-3-9(8-12(17)18)14-13(19)15(2)10-4-6-11(16)7-5-10/h4-7,9,16H,3,8H2,1-2H3,(H,14,19)(H,17,18). The van der Waals surface area contributed by atoms with Crippen molar-refractivity contribution < 1.29 is 19.8 Å². The van der Waals surface area contributed by atoms with Crippen LogP contribution >= 0.6 is 0 Å². The van der Waals surface area contributed by atoms with Gasteiger partial charge in [0, 0.05) is 18.8 Å². The number of hydrogen-bond acceptors (Lipinski definition) is 3. The van der Waals surface area contributed by atoms with Crippen molar-refractivity contribution in [3.63, 3.8) is 0 Å².